The first kappa shape index (κ1) is 14.7. The first-order chi connectivity index (χ1) is 9.42. The zero-order chi connectivity index (χ0) is 14.8. The van der Waals surface area contributed by atoms with Crippen LogP contribution in [0, 0.1) is 6.92 Å². The zero-order valence-electron chi connectivity index (χ0n) is 11.1. The second-order valence-corrected chi connectivity index (χ2v) is 6.42. The summed E-state index contributed by atoms with van der Waals surface area (Å²) in [6.07, 6.45) is 0. The summed E-state index contributed by atoms with van der Waals surface area (Å²) >= 11 is 6.00. The van der Waals surface area contributed by atoms with E-state index in [-0.39, 0.29) is 9.92 Å². The molecule has 0 spiro atoms. The third-order valence-corrected chi connectivity index (χ3v) is 4.67. The minimum atomic E-state index is -3.68. The fraction of sp³-hybridized carbons (Fsp3) is 0.143. The monoisotopic (exact) mass is 310 g/mol. The van der Waals surface area contributed by atoms with Crippen LogP contribution in [0.5, 0.6) is 0 Å². The van der Waals surface area contributed by atoms with E-state index in [1.54, 1.807) is 43.4 Å². The molecule has 0 aliphatic carbocycles. The smallest absolute Gasteiger partial charge is 0.263 e. The van der Waals surface area contributed by atoms with E-state index in [4.69, 9.17) is 11.6 Å². The van der Waals surface area contributed by atoms with Crippen LogP contribution in [-0.4, -0.2) is 15.5 Å². The second-order valence-electron chi connectivity index (χ2n) is 4.37. The van der Waals surface area contributed by atoms with Crippen molar-refractivity contribution in [3.05, 3.63) is 53.1 Å². The van der Waals surface area contributed by atoms with Gasteiger partial charge in [0.2, 0.25) is 0 Å². The summed E-state index contributed by atoms with van der Waals surface area (Å²) in [4.78, 5) is 0.0717. The molecule has 2 rings (SSSR count). The van der Waals surface area contributed by atoms with Gasteiger partial charge < -0.3 is 5.32 Å². The Morgan fingerprint density at radius 2 is 1.60 bits per heavy atom. The number of hydrogen-bond acceptors (Lipinski definition) is 3. The predicted octanol–water partition coefficient (Wildman–Crippen LogP) is 3.49. The van der Waals surface area contributed by atoms with Gasteiger partial charge in [0, 0.05) is 18.4 Å². The highest BCUT2D eigenvalue weighted by atomic mass is 35.5. The number of anilines is 2. The fourth-order valence-electron chi connectivity index (χ4n) is 1.74. The van der Waals surface area contributed by atoms with Gasteiger partial charge in [-0.1, -0.05) is 17.7 Å². The van der Waals surface area contributed by atoms with Crippen LogP contribution in [0.4, 0.5) is 11.4 Å². The molecular formula is C14H15ClN2O2S. The van der Waals surface area contributed by atoms with E-state index >= 15 is 0 Å². The molecule has 0 aromatic heterocycles. The molecule has 2 aromatic rings. The van der Waals surface area contributed by atoms with Crippen molar-refractivity contribution in [3.8, 4) is 0 Å². The second kappa shape index (κ2) is 5.73. The van der Waals surface area contributed by atoms with Crippen LogP contribution in [0.15, 0.2) is 47.4 Å². The Morgan fingerprint density at radius 3 is 2.15 bits per heavy atom. The molecule has 0 amide bonds. The van der Waals surface area contributed by atoms with Crippen molar-refractivity contribution < 1.29 is 8.42 Å². The Kier molecular flexibility index (Phi) is 4.20. The number of hydrogen-bond donors (Lipinski definition) is 2. The molecule has 0 radical (unpaired) electrons. The summed E-state index contributed by atoms with van der Waals surface area (Å²) in [6, 6.07) is 11.8. The third-order valence-electron chi connectivity index (χ3n) is 2.80. The fourth-order valence-corrected chi connectivity index (χ4v) is 3.40. The first-order valence-corrected chi connectivity index (χ1v) is 7.85. The molecule has 2 aromatic carbocycles. The topological polar surface area (TPSA) is 58.2 Å². The molecule has 0 aliphatic rings. The van der Waals surface area contributed by atoms with Gasteiger partial charge in [-0.05, 0) is 48.9 Å². The van der Waals surface area contributed by atoms with Crippen LogP contribution in [0.25, 0.3) is 0 Å². The summed E-state index contributed by atoms with van der Waals surface area (Å²) < 4.78 is 27.1. The highest BCUT2D eigenvalue weighted by Crippen LogP contribution is 2.25. The summed E-state index contributed by atoms with van der Waals surface area (Å²) in [5.41, 5.74) is 2.30. The maximum Gasteiger partial charge on any atom is 0.263 e. The van der Waals surface area contributed by atoms with E-state index in [1.807, 2.05) is 6.92 Å². The van der Waals surface area contributed by atoms with Gasteiger partial charge in [-0.25, -0.2) is 8.42 Å². The number of sulfonamides is 1. The van der Waals surface area contributed by atoms with E-state index in [0.29, 0.717) is 5.69 Å². The Hall–Kier alpha value is -1.72. The lowest BCUT2D eigenvalue weighted by Gasteiger charge is -2.10. The normalized spacial score (nSPS) is 11.2. The summed E-state index contributed by atoms with van der Waals surface area (Å²) in [5, 5.41) is 3.18. The van der Waals surface area contributed by atoms with Crippen LogP contribution >= 0.6 is 11.6 Å². The lowest BCUT2D eigenvalue weighted by atomic mass is 10.2. The molecular weight excluding hydrogens is 296 g/mol. The van der Waals surface area contributed by atoms with Crippen molar-refractivity contribution >= 4 is 33.0 Å². The molecule has 0 bridgehead atoms. The van der Waals surface area contributed by atoms with Gasteiger partial charge >= 0.3 is 0 Å². The predicted molar refractivity (Wildman–Crippen MR) is 83.0 cm³/mol. The minimum Gasteiger partial charge on any atom is -0.388 e. The van der Waals surface area contributed by atoms with Crippen molar-refractivity contribution in [3.63, 3.8) is 0 Å². The van der Waals surface area contributed by atoms with E-state index in [2.05, 4.69) is 10.0 Å². The molecule has 0 fully saturated rings. The third kappa shape index (κ3) is 3.23. The molecule has 20 heavy (non-hydrogen) atoms. The number of rotatable bonds is 4. The largest absolute Gasteiger partial charge is 0.388 e. The maximum atomic E-state index is 12.3. The SMILES string of the molecule is CNc1ccc(NS(=O)(=O)c2ccc(C)cc2Cl)cc1. The maximum absolute atomic E-state index is 12.3. The molecule has 0 saturated carbocycles. The summed E-state index contributed by atoms with van der Waals surface area (Å²) in [5.74, 6) is 0. The van der Waals surface area contributed by atoms with Crippen LogP contribution in [0.1, 0.15) is 5.56 Å². The lowest BCUT2D eigenvalue weighted by Crippen LogP contribution is -2.13. The molecule has 0 heterocycles. The van der Waals surface area contributed by atoms with E-state index < -0.39 is 10.0 Å². The average molecular weight is 311 g/mol. The van der Waals surface area contributed by atoms with Gasteiger partial charge in [0.1, 0.15) is 4.90 Å². The van der Waals surface area contributed by atoms with Crippen molar-refractivity contribution in [2.24, 2.45) is 0 Å². The average Bonchev–Trinajstić information content (AvgIpc) is 2.38. The van der Waals surface area contributed by atoms with Crippen LogP contribution in [0.2, 0.25) is 5.02 Å². The molecule has 0 unspecified atom stereocenters. The van der Waals surface area contributed by atoms with Gasteiger partial charge in [-0.3, -0.25) is 4.72 Å². The van der Waals surface area contributed by atoms with Gasteiger partial charge in [0.05, 0.1) is 5.02 Å². The van der Waals surface area contributed by atoms with E-state index in [0.717, 1.165) is 11.3 Å². The van der Waals surface area contributed by atoms with Gasteiger partial charge in [0.15, 0.2) is 0 Å². The van der Waals surface area contributed by atoms with Crippen molar-refractivity contribution in [1.29, 1.82) is 0 Å². The van der Waals surface area contributed by atoms with Gasteiger partial charge in [-0.2, -0.15) is 0 Å². The molecule has 0 saturated heterocycles. The van der Waals surface area contributed by atoms with Crippen molar-refractivity contribution in [1.82, 2.24) is 0 Å². The molecule has 4 nitrogen and oxygen atoms in total. The quantitative estimate of drug-likeness (QED) is 0.909. The minimum absolute atomic E-state index is 0.0717. The van der Waals surface area contributed by atoms with Crippen molar-refractivity contribution in [2.75, 3.05) is 17.1 Å². The van der Waals surface area contributed by atoms with Crippen LogP contribution < -0.4 is 10.0 Å². The van der Waals surface area contributed by atoms with Crippen LogP contribution in [0.3, 0.4) is 0 Å². The number of aryl methyl sites for hydroxylation is 1. The van der Waals surface area contributed by atoms with Crippen molar-refractivity contribution in [2.45, 2.75) is 11.8 Å². The number of benzene rings is 2. The molecule has 0 aliphatic heterocycles. The molecule has 2 N–H and O–H groups in total. The van der Waals surface area contributed by atoms with Gasteiger partial charge in [-0.15, -0.1) is 0 Å². The summed E-state index contributed by atoms with van der Waals surface area (Å²) in [6.45, 7) is 1.85. The van der Waals surface area contributed by atoms with Crippen LogP contribution in [-0.2, 0) is 10.0 Å². The molecule has 106 valence electrons. The number of halogens is 1. The zero-order valence-corrected chi connectivity index (χ0v) is 12.7. The van der Waals surface area contributed by atoms with E-state index in [1.165, 1.54) is 6.07 Å². The van der Waals surface area contributed by atoms with E-state index in [9.17, 15) is 8.42 Å². The highest BCUT2D eigenvalue weighted by Gasteiger charge is 2.17. The molecule has 6 heteroatoms. The standard InChI is InChI=1S/C14H15ClN2O2S/c1-10-3-8-14(13(15)9-10)20(18,19)17-12-6-4-11(16-2)5-7-12/h3-9,16-17H,1-2H3. The lowest BCUT2D eigenvalue weighted by molar-refractivity contribution is 0.601. The Bertz CT molecular complexity index is 712. The Balaban J connectivity index is 2.30. The first-order valence-electron chi connectivity index (χ1n) is 5.99. The summed E-state index contributed by atoms with van der Waals surface area (Å²) in [7, 11) is -1.89. The molecule has 0 atom stereocenters. The number of nitrogens with one attached hydrogen (secondary N) is 2. The Labute approximate surface area is 123 Å². The van der Waals surface area contributed by atoms with Gasteiger partial charge in [0.25, 0.3) is 10.0 Å². The highest BCUT2D eigenvalue weighted by molar-refractivity contribution is 7.92. The Morgan fingerprint density at radius 1 is 1.00 bits per heavy atom.